The first-order chi connectivity index (χ1) is 13.9. The van der Waals surface area contributed by atoms with Crippen molar-refractivity contribution < 1.29 is 14.3 Å². The Morgan fingerprint density at radius 2 is 1.97 bits per heavy atom. The van der Waals surface area contributed by atoms with Crippen LogP contribution < -0.4 is 5.73 Å². The van der Waals surface area contributed by atoms with Gasteiger partial charge in [0.2, 0.25) is 5.88 Å². The summed E-state index contributed by atoms with van der Waals surface area (Å²) in [4.78, 5) is 17.6. The Bertz CT molecular complexity index is 1170. The van der Waals surface area contributed by atoms with E-state index in [1.54, 1.807) is 27.7 Å². The van der Waals surface area contributed by atoms with E-state index >= 15 is 0 Å². The van der Waals surface area contributed by atoms with Crippen LogP contribution in [0.5, 0.6) is 0 Å². The molecule has 1 aromatic carbocycles. The maximum absolute atomic E-state index is 13.1. The van der Waals surface area contributed by atoms with Crippen LogP contribution in [-0.4, -0.2) is 16.6 Å². The van der Waals surface area contributed by atoms with E-state index in [-0.39, 0.29) is 27.9 Å². The average molecular weight is 426 g/mol. The lowest BCUT2D eigenvalue weighted by Crippen LogP contribution is -2.30. The number of halogens is 1. The molecule has 0 bridgehead atoms. The summed E-state index contributed by atoms with van der Waals surface area (Å²) in [5.41, 5.74) is 8.91. The number of pyridine rings is 1. The minimum atomic E-state index is -0.843. The van der Waals surface area contributed by atoms with Gasteiger partial charge in [-0.05, 0) is 58.7 Å². The molecule has 0 saturated carbocycles. The number of hydrogen-bond acceptors (Lipinski definition) is 6. The first kappa shape index (κ1) is 21.7. The minimum Gasteiger partial charge on any atom is -0.456 e. The molecule has 156 valence electrons. The summed E-state index contributed by atoms with van der Waals surface area (Å²) in [5, 5.41) is 10.8. The van der Waals surface area contributed by atoms with E-state index in [9.17, 15) is 10.1 Å². The quantitative estimate of drug-likeness (QED) is 0.541. The van der Waals surface area contributed by atoms with Crippen LogP contribution in [0.15, 0.2) is 41.0 Å². The fourth-order valence-electron chi connectivity index (χ4n) is 3.47. The van der Waals surface area contributed by atoms with Crippen molar-refractivity contribution in [1.82, 2.24) is 4.98 Å². The van der Waals surface area contributed by atoms with Gasteiger partial charge in [0, 0.05) is 10.9 Å². The zero-order valence-corrected chi connectivity index (χ0v) is 18.6. The van der Waals surface area contributed by atoms with Crippen molar-refractivity contribution in [3.8, 4) is 6.07 Å². The highest BCUT2D eigenvalue weighted by atomic mass is 35.5. The van der Waals surface area contributed by atoms with Gasteiger partial charge < -0.3 is 15.2 Å². The predicted octanol–water partition coefficient (Wildman–Crippen LogP) is 4.93. The molecule has 0 amide bonds. The van der Waals surface area contributed by atoms with Crippen LogP contribution in [0.4, 0.5) is 0 Å². The topological polar surface area (TPSA) is 98.2 Å². The van der Waals surface area contributed by atoms with Crippen LogP contribution in [0.25, 0.3) is 10.9 Å². The van der Waals surface area contributed by atoms with Gasteiger partial charge in [-0.1, -0.05) is 23.7 Å². The molecule has 1 atom stereocenters. The van der Waals surface area contributed by atoms with Crippen LogP contribution in [-0.2, 0) is 14.3 Å². The smallest absolute Gasteiger partial charge is 0.338 e. The second kappa shape index (κ2) is 7.66. The number of aromatic nitrogens is 1. The van der Waals surface area contributed by atoms with Crippen LogP contribution in [0.1, 0.15) is 50.3 Å². The van der Waals surface area contributed by atoms with Gasteiger partial charge in [0.1, 0.15) is 28.2 Å². The van der Waals surface area contributed by atoms with Gasteiger partial charge in [-0.2, -0.15) is 5.26 Å². The largest absolute Gasteiger partial charge is 0.456 e. The van der Waals surface area contributed by atoms with Crippen molar-refractivity contribution in [3.63, 3.8) is 0 Å². The van der Waals surface area contributed by atoms with Crippen LogP contribution in [0.3, 0.4) is 0 Å². The normalized spacial score (nSPS) is 17.1. The van der Waals surface area contributed by atoms with Gasteiger partial charge in [0.25, 0.3) is 0 Å². The number of ether oxygens (including phenoxy) is 2. The summed E-state index contributed by atoms with van der Waals surface area (Å²) in [7, 11) is 0. The van der Waals surface area contributed by atoms with Crippen molar-refractivity contribution in [3.05, 3.63) is 62.8 Å². The molecule has 0 saturated heterocycles. The van der Waals surface area contributed by atoms with E-state index < -0.39 is 17.5 Å². The fraction of sp³-hybridized carbons (Fsp3) is 0.348. The predicted molar refractivity (Wildman–Crippen MR) is 115 cm³/mol. The number of nitriles is 1. The SMILES string of the molecule is CC1=C(C(=O)OC(C)(C)C)C(c2cc3ccc(C)c(C)c3nc2Cl)C(C#N)=C(N)O1. The molecular weight excluding hydrogens is 402 g/mol. The number of aryl methyl sites for hydroxylation is 2. The highest BCUT2D eigenvalue weighted by Crippen LogP contribution is 2.43. The molecule has 3 rings (SSSR count). The summed E-state index contributed by atoms with van der Waals surface area (Å²) in [6, 6.07) is 7.84. The Morgan fingerprint density at radius 3 is 2.57 bits per heavy atom. The maximum atomic E-state index is 13.1. The third-order valence-corrected chi connectivity index (χ3v) is 5.33. The molecule has 7 heteroatoms. The molecule has 2 heterocycles. The molecule has 2 N–H and O–H groups in total. The fourth-order valence-corrected chi connectivity index (χ4v) is 3.72. The van der Waals surface area contributed by atoms with Gasteiger partial charge in [-0.3, -0.25) is 0 Å². The number of hydrogen-bond donors (Lipinski definition) is 1. The number of rotatable bonds is 2. The Kier molecular flexibility index (Phi) is 5.53. The van der Waals surface area contributed by atoms with E-state index in [1.807, 2.05) is 32.0 Å². The molecule has 1 aliphatic rings. The summed E-state index contributed by atoms with van der Waals surface area (Å²) in [6.45, 7) is 10.9. The third kappa shape index (κ3) is 3.86. The van der Waals surface area contributed by atoms with Crippen LogP contribution in [0.2, 0.25) is 5.15 Å². The Balaban J connectivity index is 2.26. The second-order valence-electron chi connectivity index (χ2n) is 8.34. The monoisotopic (exact) mass is 425 g/mol. The van der Waals surface area contributed by atoms with Crippen molar-refractivity contribution in [1.29, 1.82) is 5.26 Å². The summed E-state index contributed by atoms with van der Waals surface area (Å²) in [5.74, 6) is -1.24. The van der Waals surface area contributed by atoms with E-state index in [4.69, 9.17) is 26.8 Å². The van der Waals surface area contributed by atoms with E-state index in [0.717, 1.165) is 22.0 Å². The lowest BCUT2D eigenvalue weighted by Gasteiger charge is -2.29. The number of carbonyl (C=O) groups excluding carboxylic acids is 1. The average Bonchev–Trinajstić information content (AvgIpc) is 2.63. The first-order valence-electron chi connectivity index (χ1n) is 9.52. The molecule has 2 aromatic rings. The molecule has 0 spiro atoms. The summed E-state index contributed by atoms with van der Waals surface area (Å²) >= 11 is 6.58. The molecular formula is C23H24ClN3O3. The highest BCUT2D eigenvalue weighted by Gasteiger charge is 2.39. The molecule has 0 radical (unpaired) electrons. The van der Waals surface area contributed by atoms with E-state index in [0.29, 0.717) is 5.56 Å². The van der Waals surface area contributed by atoms with Crippen molar-refractivity contribution in [2.75, 3.05) is 0 Å². The molecule has 1 aliphatic heterocycles. The minimum absolute atomic E-state index is 0.0661. The van der Waals surface area contributed by atoms with Gasteiger partial charge in [-0.15, -0.1) is 0 Å². The van der Waals surface area contributed by atoms with Crippen LogP contribution in [0, 0.1) is 25.2 Å². The number of nitrogens with two attached hydrogens (primary N) is 1. The number of nitrogens with zero attached hydrogens (tertiary/aromatic N) is 2. The number of allylic oxidation sites excluding steroid dienone is 2. The zero-order valence-electron chi connectivity index (χ0n) is 17.9. The Morgan fingerprint density at radius 1 is 1.30 bits per heavy atom. The molecule has 1 aromatic heterocycles. The van der Waals surface area contributed by atoms with Crippen molar-refractivity contribution >= 4 is 28.5 Å². The van der Waals surface area contributed by atoms with Crippen LogP contribution >= 0.6 is 11.6 Å². The Labute approximate surface area is 180 Å². The van der Waals surface area contributed by atoms with Gasteiger partial charge >= 0.3 is 5.97 Å². The number of esters is 1. The number of fused-ring (bicyclic) bond motifs is 1. The molecule has 6 nitrogen and oxygen atoms in total. The number of carbonyl (C=O) groups is 1. The standard InChI is InChI=1S/C23H24ClN3O3/c1-11-7-8-14-9-15(20(24)27-19(14)12(11)2)18-16(10-25)21(26)29-13(3)17(18)22(28)30-23(4,5)6/h7-9,18H,26H2,1-6H3. The summed E-state index contributed by atoms with van der Waals surface area (Å²) < 4.78 is 11.1. The first-order valence-corrected chi connectivity index (χ1v) is 9.90. The highest BCUT2D eigenvalue weighted by molar-refractivity contribution is 6.31. The van der Waals surface area contributed by atoms with E-state index in [1.165, 1.54) is 0 Å². The third-order valence-electron chi connectivity index (χ3n) is 5.03. The lowest BCUT2D eigenvalue weighted by molar-refractivity contribution is -0.150. The second-order valence-corrected chi connectivity index (χ2v) is 8.70. The van der Waals surface area contributed by atoms with Gasteiger partial charge in [0.15, 0.2) is 0 Å². The molecule has 30 heavy (non-hydrogen) atoms. The van der Waals surface area contributed by atoms with Crippen molar-refractivity contribution in [2.45, 2.75) is 53.1 Å². The number of benzene rings is 1. The van der Waals surface area contributed by atoms with Gasteiger partial charge in [-0.25, -0.2) is 9.78 Å². The zero-order chi connectivity index (χ0) is 22.4. The maximum Gasteiger partial charge on any atom is 0.338 e. The molecule has 0 aliphatic carbocycles. The van der Waals surface area contributed by atoms with Gasteiger partial charge in [0.05, 0.1) is 17.0 Å². The Hall–Kier alpha value is -3.04. The lowest BCUT2D eigenvalue weighted by atomic mass is 9.83. The van der Waals surface area contributed by atoms with E-state index in [2.05, 4.69) is 11.1 Å². The molecule has 1 unspecified atom stereocenters. The molecule has 0 fully saturated rings. The van der Waals surface area contributed by atoms with Crippen molar-refractivity contribution in [2.24, 2.45) is 5.73 Å². The summed E-state index contributed by atoms with van der Waals surface area (Å²) in [6.07, 6.45) is 0.